The molecule has 2 heteroatoms. The first-order valence-electron chi connectivity index (χ1n) is 7.97. The van der Waals surface area contributed by atoms with Gasteiger partial charge in [-0.25, -0.2) is 0 Å². The molecule has 24 heavy (non-hydrogen) atoms. The maximum Gasteiger partial charge on any atom is 0.120 e. The second-order valence-corrected chi connectivity index (χ2v) is 5.53. The van der Waals surface area contributed by atoms with Crippen LogP contribution in [-0.4, -0.2) is 0 Å². The molecule has 0 aromatic heterocycles. The van der Waals surface area contributed by atoms with Crippen LogP contribution in [-0.2, 0) is 4.84 Å². The fraction of sp³-hybridized carbons (Fsp3) is 0. The number of para-hydroxylation sites is 1. The van der Waals surface area contributed by atoms with E-state index in [2.05, 4.69) is 36.4 Å². The molecular weight excluding hydrogens is 294 g/mol. The van der Waals surface area contributed by atoms with E-state index >= 15 is 0 Å². The molecule has 4 rings (SSSR count). The first kappa shape index (κ1) is 14.3. The maximum atomic E-state index is 5.88. The molecule has 2 nitrogen and oxygen atoms in total. The van der Waals surface area contributed by atoms with Crippen LogP contribution in [0.2, 0.25) is 0 Å². The summed E-state index contributed by atoms with van der Waals surface area (Å²) in [7, 11) is 0. The van der Waals surface area contributed by atoms with Crippen molar-refractivity contribution in [2.75, 3.05) is 5.06 Å². The van der Waals surface area contributed by atoms with Gasteiger partial charge < -0.3 is 4.84 Å². The number of allylic oxidation sites excluding steroid dienone is 2. The zero-order valence-corrected chi connectivity index (χ0v) is 13.2. The first-order valence-corrected chi connectivity index (χ1v) is 7.97. The van der Waals surface area contributed by atoms with Gasteiger partial charge in [-0.2, -0.15) is 5.06 Å². The smallest absolute Gasteiger partial charge is 0.120 e. The fourth-order valence-corrected chi connectivity index (χ4v) is 2.87. The lowest BCUT2D eigenvalue weighted by molar-refractivity contribution is 0.254. The van der Waals surface area contributed by atoms with Gasteiger partial charge in [-0.15, -0.1) is 0 Å². The SMILES string of the molecule is C1=CC(c2ccccc2)=C(c2ccccc2)N(c2ccccc2)O1. The minimum Gasteiger partial charge on any atom is -0.382 e. The summed E-state index contributed by atoms with van der Waals surface area (Å²) in [6.07, 6.45) is 3.76. The lowest BCUT2D eigenvalue weighted by Crippen LogP contribution is -2.23. The topological polar surface area (TPSA) is 12.5 Å². The van der Waals surface area contributed by atoms with Gasteiger partial charge in [-0.3, -0.25) is 0 Å². The summed E-state index contributed by atoms with van der Waals surface area (Å²) in [4.78, 5) is 5.88. The van der Waals surface area contributed by atoms with E-state index < -0.39 is 0 Å². The molecule has 0 N–H and O–H groups in total. The van der Waals surface area contributed by atoms with Gasteiger partial charge in [0, 0.05) is 11.1 Å². The molecule has 0 amide bonds. The summed E-state index contributed by atoms with van der Waals surface area (Å²) in [5, 5.41) is 1.89. The number of rotatable bonds is 3. The Labute approximate surface area is 141 Å². The number of anilines is 1. The van der Waals surface area contributed by atoms with Crippen LogP contribution in [0, 0.1) is 0 Å². The highest BCUT2D eigenvalue weighted by atomic mass is 16.7. The summed E-state index contributed by atoms with van der Waals surface area (Å²) in [6, 6.07) is 30.9. The number of hydrogen-bond donors (Lipinski definition) is 0. The first-order chi connectivity index (χ1) is 11.9. The molecule has 3 aromatic rings. The highest BCUT2D eigenvalue weighted by Gasteiger charge is 2.22. The Morgan fingerprint density at radius 3 is 1.75 bits per heavy atom. The van der Waals surface area contributed by atoms with Crippen molar-refractivity contribution >= 4 is 17.0 Å². The van der Waals surface area contributed by atoms with Crippen molar-refractivity contribution in [3.8, 4) is 0 Å². The van der Waals surface area contributed by atoms with Crippen molar-refractivity contribution in [2.45, 2.75) is 0 Å². The van der Waals surface area contributed by atoms with Gasteiger partial charge in [0.05, 0.1) is 11.4 Å². The fourth-order valence-electron chi connectivity index (χ4n) is 2.87. The Kier molecular flexibility index (Phi) is 3.86. The van der Waals surface area contributed by atoms with E-state index in [1.807, 2.05) is 65.7 Å². The molecule has 0 atom stereocenters. The number of hydroxylamine groups is 1. The van der Waals surface area contributed by atoms with Crippen molar-refractivity contribution in [1.82, 2.24) is 0 Å². The van der Waals surface area contributed by atoms with Crippen LogP contribution in [0.4, 0.5) is 5.69 Å². The molecule has 1 aliphatic heterocycles. The van der Waals surface area contributed by atoms with Crippen LogP contribution in [0.25, 0.3) is 11.3 Å². The van der Waals surface area contributed by atoms with Crippen molar-refractivity contribution in [3.05, 3.63) is 114 Å². The third kappa shape index (κ3) is 2.70. The van der Waals surface area contributed by atoms with E-state index in [-0.39, 0.29) is 0 Å². The maximum absolute atomic E-state index is 5.88. The molecule has 0 fully saturated rings. The molecule has 0 aliphatic carbocycles. The van der Waals surface area contributed by atoms with Gasteiger partial charge in [0.25, 0.3) is 0 Å². The van der Waals surface area contributed by atoms with Gasteiger partial charge >= 0.3 is 0 Å². The molecule has 0 radical (unpaired) electrons. The summed E-state index contributed by atoms with van der Waals surface area (Å²) in [5.74, 6) is 0. The second kappa shape index (κ2) is 6.47. The van der Waals surface area contributed by atoms with Crippen molar-refractivity contribution in [3.63, 3.8) is 0 Å². The van der Waals surface area contributed by atoms with Crippen LogP contribution < -0.4 is 5.06 Å². The predicted octanol–water partition coefficient (Wildman–Crippen LogP) is 5.52. The summed E-state index contributed by atoms with van der Waals surface area (Å²) in [6.45, 7) is 0. The minimum absolute atomic E-state index is 0.995. The molecule has 0 saturated heterocycles. The largest absolute Gasteiger partial charge is 0.382 e. The molecular formula is C22H17NO. The van der Waals surface area contributed by atoms with E-state index in [1.54, 1.807) is 6.26 Å². The Morgan fingerprint density at radius 1 is 0.583 bits per heavy atom. The molecule has 0 unspecified atom stereocenters. The monoisotopic (exact) mass is 311 g/mol. The number of benzene rings is 3. The van der Waals surface area contributed by atoms with E-state index in [0.29, 0.717) is 0 Å². The zero-order valence-electron chi connectivity index (χ0n) is 13.2. The van der Waals surface area contributed by atoms with Gasteiger partial charge in [0.2, 0.25) is 0 Å². The Hall–Kier alpha value is -3.26. The lowest BCUT2D eigenvalue weighted by atomic mass is 9.98. The minimum atomic E-state index is 0.995. The van der Waals surface area contributed by atoms with Crippen molar-refractivity contribution in [2.24, 2.45) is 0 Å². The Balaban J connectivity index is 1.93. The quantitative estimate of drug-likeness (QED) is 0.631. The third-order valence-electron chi connectivity index (χ3n) is 3.98. The van der Waals surface area contributed by atoms with E-state index in [0.717, 1.165) is 28.1 Å². The van der Waals surface area contributed by atoms with Crippen molar-refractivity contribution in [1.29, 1.82) is 0 Å². The van der Waals surface area contributed by atoms with E-state index in [4.69, 9.17) is 4.84 Å². The molecule has 0 bridgehead atoms. The van der Waals surface area contributed by atoms with Gasteiger partial charge in [-0.1, -0.05) is 78.9 Å². The normalized spacial score (nSPS) is 13.8. The lowest BCUT2D eigenvalue weighted by Gasteiger charge is -2.30. The van der Waals surface area contributed by atoms with Crippen LogP contribution in [0.3, 0.4) is 0 Å². The van der Waals surface area contributed by atoms with E-state index in [9.17, 15) is 0 Å². The van der Waals surface area contributed by atoms with Crippen LogP contribution in [0.5, 0.6) is 0 Å². The summed E-state index contributed by atoms with van der Waals surface area (Å²) in [5.41, 5.74) is 5.45. The van der Waals surface area contributed by atoms with Gasteiger partial charge in [-0.05, 0) is 23.8 Å². The molecule has 1 heterocycles. The molecule has 116 valence electrons. The van der Waals surface area contributed by atoms with Crippen LogP contribution in [0.1, 0.15) is 11.1 Å². The molecule has 3 aromatic carbocycles. The van der Waals surface area contributed by atoms with Gasteiger partial charge in [0.1, 0.15) is 6.26 Å². The van der Waals surface area contributed by atoms with E-state index in [1.165, 1.54) is 0 Å². The average Bonchev–Trinajstić information content (AvgIpc) is 2.69. The molecule has 1 aliphatic rings. The number of nitrogens with zero attached hydrogens (tertiary/aromatic N) is 1. The number of hydrogen-bond acceptors (Lipinski definition) is 2. The summed E-state index contributed by atoms with van der Waals surface area (Å²) < 4.78 is 0. The predicted molar refractivity (Wildman–Crippen MR) is 98.8 cm³/mol. The highest BCUT2D eigenvalue weighted by molar-refractivity contribution is 6.00. The average molecular weight is 311 g/mol. The van der Waals surface area contributed by atoms with Crippen LogP contribution >= 0.6 is 0 Å². The third-order valence-corrected chi connectivity index (χ3v) is 3.98. The standard InChI is InChI=1S/C22H17NO/c1-4-10-18(11-5-1)21-16-17-24-23(20-14-8-3-9-15-20)22(21)19-12-6-2-7-13-19/h1-17H. The molecule has 0 saturated carbocycles. The zero-order chi connectivity index (χ0) is 16.2. The molecule has 0 spiro atoms. The van der Waals surface area contributed by atoms with Gasteiger partial charge in [0.15, 0.2) is 0 Å². The second-order valence-electron chi connectivity index (χ2n) is 5.53. The Morgan fingerprint density at radius 2 is 1.12 bits per heavy atom. The Bertz CT molecular complexity index is 868. The van der Waals surface area contributed by atoms with Crippen LogP contribution in [0.15, 0.2) is 103 Å². The summed E-state index contributed by atoms with van der Waals surface area (Å²) >= 11 is 0. The highest BCUT2D eigenvalue weighted by Crippen LogP contribution is 2.36. The van der Waals surface area contributed by atoms with Crippen molar-refractivity contribution < 1.29 is 4.84 Å².